The molecule has 1 atom stereocenters. The topological polar surface area (TPSA) is 33.1 Å². The van der Waals surface area contributed by atoms with Crippen LogP contribution >= 0.6 is 12.2 Å². The summed E-state index contributed by atoms with van der Waals surface area (Å²) in [6.07, 6.45) is 6.38. The molecule has 0 saturated carbocycles. The van der Waals surface area contributed by atoms with Crippen LogP contribution in [-0.4, -0.2) is 32.9 Å². The first-order valence-corrected chi connectivity index (χ1v) is 8.65. The van der Waals surface area contributed by atoms with Crippen molar-refractivity contribution >= 4 is 23.0 Å². The third-order valence-corrected chi connectivity index (χ3v) is 4.78. The van der Waals surface area contributed by atoms with Crippen LogP contribution < -0.4 is 5.32 Å². The van der Waals surface area contributed by atoms with E-state index in [0.717, 1.165) is 30.4 Å². The van der Waals surface area contributed by atoms with Crippen LogP contribution in [0.3, 0.4) is 0 Å². The Bertz CT molecular complexity index is 679. The fraction of sp³-hybridized carbons (Fsp3) is 0.444. The number of anilines is 1. The highest BCUT2D eigenvalue weighted by Crippen LogP contribution is 2.17. The average Bonchev–Trinajstić information content (AvgIpc) is 2.97. The number of aryl methyl sites for hydroxylation is 1. The summed E-state index contributed by atoms with van der Waals surface area (Å²) in [6.45, 7) is 7.29. The van der Waals surface area contributed by atoms with Crippen molar-refractivity contribution in [1.82, 2.24) is 14.7 Å². The Morgan fingerprint density at radius 2 is 2.22 bits per heavy atom. The summed E-state index contributed by atoms with van der Waals surface area (Å²) in [5, 5.41) is 8.58. The summed E-state index contributed by atoms with van der Waals surface area (Å²) < 4.78 is 1.95. The molecule has 0 unspecified atom stereocenters. The van der Waals surface area contributed by atoms with Crippen molar-refractivity contribution in [2.75, 3.05) is 18.4 Å². The summed E-state index contributed by atoms with van der Waals surface area (Å²) in [7, 11) is 0. The Balaban J connectivity index is 1.61. The molecule has 0 radical (unpaired) electrons. The second-order valence-electron chi connectivity index (χ2n) is 6.48. The van der Waals surface area contributed by atoms with Gasteiger partial charge in [0, 0.05) is 19.3 Å². The molecule has 0 aliphatic carbocycles. The minimum Gasteiger partial charge on any atom is -0.349 e. The van der Waals surface area contributed by atoms with E-state index in [0.29, 0.717) is 5.92 Å². The van der Waals surface area contributed by atoms with Gasteiger partial charge in [0.2, 0.25) is 0 Å². The lowest BCUT2D eigenvalue weighted by Gasteiger charge is -2.32. The van der Waals surface area contributed by atoms with Gasteiger partial charge in [0.1, 0.15) is 0 Å². The monoisotopic (exact) mass is 328 g/mol. The van der Waals surface area contributed by atoms with E-state index in [1.165, 1.54) is 24.0 Å². The van der Waals surface area contributed by atoms with E-state index >= 15 is 0 Å². The van der Waals surface area contributed by atoms with Crippen molar-refractivity contribution in [3.8, 4) is 0 Å². The Hall–Kier alpha value is -1.88. The number of hydrogen-bond acceptors (Lipinski definition) is 2. The maximum absolute atomic E-state index is 5.55. The van der Waals surface area contributed by atoms with Gasteiger partial charge in [0.05, 0.1) is 18.4 Å². The van der Waals surface area contributed by atoms with Gasteiger partial charge in [-0.1, -0.05) is 31.2 Å². The molecule has 1 fully saturated rings. The predicted octanol–water partition coefficient (Wildman–Crippen LogP) is 3.67. The van der Waals surface area contributed by atoms with Crippen molar-refractivity contribution in [2.45, 2.75) is 33.2 Å². The third-order valence-electron chi connectivity index (χ3n) is 4.42. The van der Waals surface area contributed by atoms with E-state index < -0.39 is 0 Å². The smallest absolute Gasteiger partial charge is 0.173 e. The number of piperidine rings is 1. The number of hydrogen-bond donors (Lipinski definition) is 1. The number of likely N-dealkylation sites (tertiary alicyclic amines) is 1. The van der Waals surface area contributed by atoms with E-state index in [9.17, 15) is 0 Å². The molecule has 1 saturated heterocycles. The number of nitrogens with zero attached hydrogens (tertiary/aromatic N) is 3. The van der Waals surface area contributed by atoms with Crippen molar-refractivity contribution in [3.05, 3.63) is 47.8 Å². The van der Waals surface area contributed by atoms with Gasteiger partial charge in [0.25, 0.3) is 0 Å². The van der Waals surface area contributed by atoms with Crippen molar-refractivity contribution in [1.29, 1.82) is 0 Å². The Kier molecular flexibility index (Phi) is 4.96. The van der Waals surface area contributed by atoms with Crippen molar-refractivity contribution in [2.24, 2.45) is 5.92 Å². The molecule has 1 aromatic carbocycles. The normalized spacial score (nSPS) is 18.0. The van der Waals surface area contributed by atoms with E-state index in [1.807, 2.05) is 17.1 Å². The third kappa shape index (κ3) is 4.10. The lowest BCUT2D eigenvalue weighted by molar-refractivity contribution is 0.276. The molecule has 0 amide bonds. The maximum Gasteiger partial charge on any atom is 0.173 e. The molecule has 2 aromatic rings. The minimum atomic E-state index is 0.715. The fourth-order valence-corrected chi connectivity index (χ4v) is 3.34. The maximum atomic E-state index is 5.55. The van der Waals surface area contributed by atoms with Gasteiger partial charge < -0.3 is 10.2 Å². The van der Waals surface area contributed by atoms with Crippen LogP contribution in [0.4, 0.5) is 5.69 Å². The number of aromatic nitrogens is 2. The first-order chi connectivity index (χ1) is 11.1. The van der Waals surface area contributed by atoms with Crippen LogP contribution in [0.1, 0.15) is 30.9 Å². The lowest BCUT2D eigenvalue weighted by Crippen LogP contribution is -2.41. The molecule has 4 nitrogen and oxygen atoms in total. The highest BCUT2D eigenvalue weighted by Gasteiger charge is 2.18. The number of benzene rings is 1. The first-order valence-electron chi connectivity index (χ1n) is 8.24. The molecule has 23 heavy (non-hydrogen) atoms. The Labute approximate surface area is 143 Å². The molecule has 0 spiro atoms. The molecule has 3 rings (SSSR count). The number of nitrogens with one attached hydrogen (secondary N) is 1. The summed E-state index contributed by atoms with van der Waals surface area (Å²) >= 11 is 5.55. The molecular weight excluding hydrogens is 304 g/mol. The van der Waals surface area contributed by atoms with Crippen LogP contribution in [0.25, 0.3) is 0 Å². The molecule has 1 aliphatic rings. The molecule has 0 bridgehead atoms. The summed E-state index contributed by atoms with van der Waals surface area (Å²) in [4.78, 5) is 2.27. The van der Waals surface area contributed by atoms with E-state index in [-0.39, 0.29) is 0 Å². The second kappa shape index (κ2) is 7.13. The van der Waals surface area contributed by atoms with E-state index in [1.54, 1.807) is 0 Å². The van der Waals surface area contributed by atoms with Gasteiger partial charge in [-0.05, 0) is 49.0 Å². The second-order valence-corrected chi connectivity index (χ2v) is 6.86. The average molecular weight is 328 g/mol. The number of rotatable bonds is 3. The summed E-state index contributed by atoms with van der Waals surface area (Å²) in [5.41, 5.74) is 3.53. The van der Waals surface area contributed by atoms with Gasteiger partial charge in [-0.15, -0.1) is 0 Å². The number of thiocarbonyl (C=S) groups is 1. The largest absolute Gasteiger partial charge is 0.349 e. The fourth-order valence-electron chi connectivity index (χ4n) is 3.05. The Morgan fingerprint density at radius 1 is 1.39 bits per heavy atom. The quantitative estimate of drug-likeness (QED) is 0.872. The SMILES string of the molecule is Cc1ccccc1Cn1cc(NC(=S)N2CCC[C@@H](C)C2)cn1. The van der Waals surface area contributed by atoms with Crippen molar-refractivity contribution < 1.29 is 0 Å². The van der Waals surface area contributed by atoms with E-state index in [2.05, 4.69) is 53.4 Å². The molecule has 122 valence electrons. The molecule has 5 heteroatoms. The zero-order valence-electron chi connectivity index (χ0n) is 13.8. The van der Waals surface area contributed by atoms with Crippen LogP contribution in [-0.2, 0) is 6.54 Å². The predicted molar refractivity (Wildman–Crippen MR) is 98.7 cm³/mol. The molecular formula is C18H24N4S. The summed E-state index contributed by atoms with van der Waals surface area (Å²) in [6, 6.07) is 8.40. The van der Waals surface area contributed by atoms with Crippen LogP contribution in [0.5, 0.6) is 0 Å². The van der Waals surface area contributed by atoms with Gasteiger partial charge in [-0.3, -0.25) is 4.68 Å². The first kappa shape index (κ1) is 16.0. The zero-order chi connectivity index (χ0) is 16.2. The van der Waals surface area contributed by atoms with Crippen LogP contribution in [0.2, 0.25) is 0 Å². The van der Waals surface area contributed by atoms with Gasteiger partial charge in [-0.2, -0.15) is 5.10 Å². The highest BCUT2D eigenvalue weighted by atomic mass is 32.1. The van der Waals surface area contributed by atoms with Gasteiger partial charge >= 0.3 is 0 Å². The molecule has 1 aromatic heterocycles. The van der Waals surface area contributed by atoms with Crippen LogP contribution in [0, 0.1) is 12.8 Å². The minimum absolute atomic E-state index is 0.715. The van der Waals surface area contributed by atoms with Gasteiger partial charge in [-0.25, -0.2) is 0 Å². The highest BCUT2D eigenvalue weighted by molar-refractivity contribution is 7.80. The standard InChI is InChI=1S/C18H24N4S/c1-14-6-5-9-21(11-14)18(23)20-17-10-19-22(13-17)12-16-8-4-3-7-15(16)2/h3-4,7-8,10,13-14H,5-6,9,11-12H2,1-2H3,(H,20,23)/t14-/m1/s1. The van der Waals surface area contributed by atoms with Crippen LogP contribution in [0.15, 0.2) is 36.7 Å². The molecule has 1 N–H and O–H groups in total. The van der Waals surface area contributed by atoms with Crippen molar-refractivity contribution in [3.63, 3.8) is 0 Å². The lowest BCUT2D eigenvalue weighted by atomic mass is 10.0. The zero-order valence-corrected chi connectivity index (χ0v) is 14.6. The molecule has 2 heterocycles. The molecule has 1 aliphatic heterocycles. The summed E-state index contributed by atoms with van der Waals surface area (Å²) in [5.74, 6) is 0.715. The van der Waals surface area contributed by atoms with Gasteiger partial charge in [0.15, 0.2) is 5.11 Å². The van der Waals surface area contributed by atoms with E-state index in [4.69, 9.17) is 12.2 Å². The Morgan fingerprint density at radius 3 is 3.00 bits per heavy atom.